The molecule has 38 heavy (non-hydrogen) atoms. The fourth-order valence-corrected chi connectivity index (χ4v) is 6.03. The molecule has 4 heteroatoms. The lowest BCUT2D eigenvalue weighted by molar-refractivity contribution is 0.437. The predicted molar refractivity (Wildman–Crippen MR) is 153 cm³/mol. The summed E-state index contributed by atoms with van der Waals surface area (Å²) < 4.78 is 5.65. The van der Waals surface area contributed by atoms with Gasteiger partial charge in [-0.1, -0.05) is 84.4 Å². The zero-order chi connectivity index (χ0) is 26.1. The van der Waals surface area contributed by atoms with Crippen molar-refractivity contribution < 1.29 is 9.52 Å². The van der Waals surface area contributed by atoms with Crippen LogP contribution in [-0.4, -0.2) is 5.11 Å². The van der Waals surface area contributed by atoms with Crippen LogP contribution in [0.1, 0.15) is 58.1 Å². The Morgan fingerprint density at radius 1 is 0.816 bits per heavy atom. The first-order chi connectivity index (χ1) is 18.6. The van der Waals surface area contributed by atoms with E-state index in [0.717, 1.165) is 42.7 Å². The lowest BCUT2D eigenvalue weighted by atomic mass is 9.72. The Kier molecular flexibility index (Phi) is 6.78. The number of halogens is 1. The molecule has 0 aliphatic heterocycles. The number of hydrogen-bond donors (Lipinski definition) is 1. The highest BCUT2D eigenvalue weighted by Gasteiger charge is 2.33. The van der Waals surface area contributed by atoms with Crippen LogP contribution >= 0.6 is 11.6 Å². The molecule has 1 aliphatic rings. The van der Waals surface area contributed by atoms with Crippen molar-refractivity contribution in [3.05, 3.63) is 146 Å². The van der Waals surface area contributed by atoms with E-state index in [0.29, 0.717) is 16.5 Å². The number of rotatable bonds is 6. The fourth-order valence-electron chi connectivity index (χ4n) is 5.91. The van der Waals surface area contributed by atoms with E-state index in [1.54, 1.807) is 18.2 Å². The lowest BCUT2D eigenvalue weighted by Crippen LogP contribution is -2.23. The van der Waals surface area contributed by atoms with Gasteiger partial charge in [-0.15, -0.1) is 0 Å². The van der Waals surface area contributed by atoms with Crippen LogP contribution < -0.4 is 5.63 Å². The molecule has 4 aromatic carbocycles. The summed E-state index contributed by atoms with van der Waals surface area (Å²) in [7, 11) is 0. The predicted octanol–water partition coefficient (Wildman–Crippen LogP) is 8.19. The Morgan fingerprint density at radius 2 is 1.47 bits per heavy atom. The minimum atomic E-state index is -0.460. The molecule has 6 rings (SSSR count). The van der Waals surface area contributed by atoms with Gasteiger partial charge in [0.25, 0.3) is 0 Å². The molecule has 0 amide bonds. The Balaban J connectivity index is 1.25. The largest absolute Gasteiger partial charge is 0.507 e. The van der Waals surface area contributed by atoms with Crippen molar-refractivity contribution in [1.29, 1.82) is 0 Å². The lowest BCUT2D eigenvalue weighted by Gasteiger charge is -2.32. The van der Waals surface area contributed by atoms with E-state index in [1.807, 2.05) is 30.3 Å². The average molecular weight is 521 g/mol. The third-order valence-electron chi connectivity index (χ3n) is 7.88. The maximum Gasteiger partial charge on any atom is 0.343 e. The minimum Gasteiger partial charge on any atom is -0.507 e. The molecule has 1 N–H and O–H groups in total. The van der Waals surface area contributed by atoms with Gasteiger partial charge in [0.05, 0.1) is 10.9 Å². The van der Waals surface area contributed by atoms with Gasteiger partial charge in [0.15, 0.2) is 0 Å². The number of hydrogen-bond acceptors (Lipinski definition) is 3. The van der Waals surface area contributed by atoms with E-state index in [1.165, 1.54) is 22.3 Å². The molecule has 0 saturated heterocycles. The van der Waals surface area contributed by atoms with E-state index in [2.05, 4.69) is 48.5 Å². The summed E-state index contributed by atoms with van der Waals surface area (Å²) in [5.74, 6) is 0.0430. The van der Waals surface area contributed by atoms with E-state index >= 15 is 0 Å². The van der Waals surface area contributed by atoms with Crippen molar-refractivity contribution in [2.24, 2.45) is 0 Å². The number of aryl methyl sites for hydroxylation is 2. The van der Waals surface area contributed by atoms with Crippen molar-refractivity contribution in [1.82, 2.24) is 0 Å². The van der Waals surface area contributed by atoms with Crippen LogP contribution in [-0.2, 0) is 19.3 Å². The van der Waals surface area contributed by atoms with Crippen LogP contribution in [0.2, 0.25) is 5.02 Å². The molecule has 190 valence electrons. The Bertz CT molecular complexity index is 1630. The van der Waals surface area contributed by atoms with Gasteiger partial charge in [-0.2, -0.15) is 0 Å². The highest BCUT2D eigenvalue weighted by atomic mass is 35.5. The standard InChI is InChI=1S/C34H29ClO3/c35-27-18-14-23(15-19-27)7-5-6-22-12-16-24(17-13-22)26-20-25-8-1-2-9-28(25)30(21-26)32-33(36)29-10-3-4-11-31(29)38-34(32)37/h1-4,8-19,26,30,36H,5-7,20-21H2. The second-order valence-corrected chi connectivity index (χ2v) is 10.7. The van der Waals surface area contributed by atoms with E-state index in [-0.39, 0.29) is 17.6 Å². The quantitative estimate of drug-likeness (QED) is 0.230. The van der Waals surface area contributed by atoms with Crippen LogP contribution in [0.4, 0.5) is 0 Å². The van der Waals surface area contributed by atoms with Gasteiger partial charge in [-0.05, 0) is 90.1 Å². The molecule has 1 heterocycles. The summed E-state index contributed by atoms with van der Waals surface area (Å²) in [6.07, 6.45) is 4.77. The maximum atomic E-state index is 13.1. The zero-order valence-corrected chi connectivity index (χ0v) is 21.8. The number of aromatic hydroxyl groups is 1. The molecule has 0 spiro atoms. The molecule has 0 saturated carbocycles. The van der Waals surface area contributed by atoms with Gasteiger partial charge in [0, 0.05) is 10.9 Å². The van der Waals surface area contributed by atoms with Crippen LogP contribution in [0, 0.1) is 0 Å². The van der Waals surface area contributed by atoms with E-state index < -0.39 is 5.63 Å². The molecule has 0 bridgehead atoms. The normalized spacial score (nSPS) is 16.9. The highest BCUT2D eigenvalue weighted by molar-refractivity contribution is 6.30. The second-order valence-electron chi connectivity index (χ2n) is 10.3. The first-order valence-electron chi connectivity index (χ1n) is 13.2. The average Bonchev–Trinajstić information content (AvgIpc) is 2.94. The summed E-state index contributed by atoms with van der Waals surface area (Å²) in [5, 5.41) is 12.6. The molecule has 3 nitrogen and oxygen atoms in total. The molecule has 2 unspecified atom stereocenters. The van der Waals surface area contributed by atoms with Gasteiger partial charge in [-0.3, -0.25) is 0 Å². The van der Waals surface area contributed by atoms with Crippen LogP contribution in [0.25, 0.3) is 11.0 Å². The van der Waals surface area contributed by atoms with E-state index in [4.69, 9.17) is 16.0 Å². The SMILES string of the molecule is O=c1oc2ccccc2c(O)c1C1CC(c2ccc(CCCc3ccc(Cl)cc3)cc2)Cc2ccccc21. The van der Waals surface area contributed by atoms with Crippen molar-refractivity contribution >= 4 is 22.6 Å². The topological polar surface area (TPSA) is 50.4 Å². The van der Waals surface area contributed by atoms with Crippen molar-refractivity contribution in [3.63, 3.8) is 0 Å². The van der Waals surface area contributed by atoms with Crippen molar-refractivity contribution in [3.8, 4) is 5.75 Å². The molecule has 0 radical (unpaired) electrons. The van der Waals surface area contributed by atoms with Gasteiger partial charge in [0.2, 0.25) is 0 Å². The fraction of sp³-hybridized carbons (Fsp3) is 0.206. The Hall–Kier alpha value is -3.82. The van der Waals surface area contributed by atoms with Gasteiger partial charge >= 0.3 is 5.63 Å². The number of fused-ring (bicyclic) bond motifs is 2. The van der Waals surface area contributed by atoms with Gasteiger partial charge in [0.1, 0.15) is 11.3 Å². The summed E-state index contributed by atoms with van der Waals surface area (Å²) in [5.41, 5.74) is 6.51. The van der Waals surface area contributed by atoms with Crippen LogP contribution in [0.5, 0.6) is 5.75 Å². The van der Waals surface area contributed by atoms with E-state index in [9.17, 15) is 9.90 Å². The third-order valence-corrected chi connectivity index (χ3v) is 8.13. The first-order valence-corrected chi connectivity index (χ1v) is 13.6. The van der Waals surface area contributed by atoms with Crippen molar-refractivity contribution in [2.45, 2.75) is 43.9 Å². The molecule has 1 aliphatic carbocycles. The summed E-state index contributed by atoms with van der Waals surface area (Å²) in [4.78, 5) is 13.1. The maximum absolute atomic E-state index is 13.1. The third kappa shape index (κ3) is 4.87. The number of para-hydroxylation sites is 1. The zero-order valence-electron chi connectivity index (χ0n) is 21.1. The summed E-state index contributed by atoms with van der Waals surface area (Å²) >= 11 is 6.00. The van der Waals surface area contributed by atoms with Crippen LogP contribution in [0.3, 0.4) is 0 Å². The molecule has 5 aromatic rings. The monoisotopic (exact) mass is 520 g/mol. The Labute approximate surface area is 227 Å². The first kappa shape index (κ1) is 24.5. The second kappa shape index (κ2) is 10.5. The Morgan fingerprint density at radius 3 is 2.24 bits per heavy atom. The number of benzene rings is 4. The molecule has 2 atom stereocenters. The molecule has 1 aromatic heterocycles. The molecule has 0 fully saturated rings. The minimum absolute atomic E-state index is 0.0355. The summed E-state index contributed by atoms with van der Waals surface area (Å²) in [6.45, 7) is 0. The van der Waals surface area contributed by atoms with Gasteiger partial charge in [-0.25, -0.2) is 4.79 Å². The van der Waals surface area contributed by atoms with Gasteiger partial charge < -0.3 is 9.52 Å². The molecular formula is C34H29ClO3. The van der Waals surface area contributed by atoms with Crippen LogP contribution in [0.15, 0.2) is 106 Å². The highest BCUT2D eigenvalue weighted by Crippen LogP contribution is 2.45. The van der Waals surface area contributed by atoms with Crippen molar-refractivity contribution in [2.75, 3.05) is 0 Å². The molecular weight excluding hydrogens is 492 g/mol. The summed E-state index contributed by atoms with van der Waals surface area (Å²) in [6, 6.07) is 32.4. The smallest absolute Gasteiger partial charge is 0.343 e.